The fraction of sp³-hybridized carbons (Fsp3) is 0. The summed E-state index contributed by atoms with van der Waals surface area (Å²) in [7, 11) is 0. The van der Waals surface area contributed by atoms with Gasteiger partial charge < -0.3 is 20.6 Å². The highest BCUT2D eigenvalue weighted by molar-refractivity contribution is 5.91. The monoisotopic (exact) mass is 265 g/mol. The lowest BCUT2D eigenvalue weighted by atomic mass is 10.2. The molecule has 1 heterocycles. The molecular weight excluding hydrogens is 257 g/mol. The Morgan fingerprint density at radius 3 is 2.89 bits per heavy atom. The standard InChI is InChI=1S/C11H8FN3O4/c12-5-2-1-3-6(7(5)11(17)18)19-10-8(13)9(16)14-4-15-10/h1-4H,13H2,(H,17,18)(H,14,15,16). The van der Waals surface area contributed by atoms with Crippen LogP contribution in [0.5, 0.6) is 11.6 Å². The van der Waals surface area contributed by atoms with Crippen LogP contribution in [0, 0.1) is 5.82 Å². The number of carboxylic acid groups (broad SMARTS) is 1. The van der Waals surface area contributed by atoms with Crippen molar-refractivity contribution < 1.29 is 19.0 Å². The number of nitrogens with one attached hydrogen (secondary N) is 1. The molecule has 4 N–H and O–H groups in total. The summed E-state index contributed by atoms with van der Waals surface area (Å²) in [6.07, 6.45) is 1.04. The number of nitrogens with two attached hydrogens (primary N) is 1. The number of nitrogen functional groups attached to an aromatic ring is 1. The Balaban J connectivity index is 2.50. The molecule has 8 heteroatoms. The second kappa shape index (κ2) is 4.77. The van der Waals surface area contributed by atoms with Crippen LogP contribution in [-0.2, 0) is 0 Å². The summed E-state index contributed by atoms with van der Waals surface area (Å²) in [6.45, 7) is 0. The summed E-state index contributed by atoms with van der Waals surface area (Å²) < 4.78 is 18.5. The molecule has 0 radical (unpaired) electrons. The Morgan fingerprint density at radius 1 is 1.47 bits per heavy atom. The van der Waals surface area contributed by atoms with Crippen LogP contribution in [0.2, 0.25) is 0 Å². The van der Waals surface area contributed by atoms with Crippen molar-refractivity contribution in [3.8, 4) is 11.6 Å². The number of aromatic carboxylic acids is 1. The molecule has 0 aliphatic heterocycles. The van der Waals surface area contributed by atoms with E-state index in [1.807, 2.05) is 0 Å². The van der Waals surface area contributed by atoms with E-state index in [4.69, 9.17) is 15.6 Å². The van der Waals surface area contributed by atoms with Crippen molar-refractivity contribution in [2.45, 2.75) is 0 Å². The second-order valence-corrected chi connectivity index (χ2v) is 3.47. The lowest BCUT2D eigenvalue weighted by molar-refractivity contribution is 0.0689. The zero-order valence-electron chi connectivity index (χ0n) is 9.38. The van der Waals surface area contributed by atoms with E-state index < -0.39 is 22.9 Å². The van der Waals surface area contributed by atoms with Crippen LogP contribution in [0.1, 0.15) is 10.4 Å². The molecule has 0 atom stereocenters. The molecule has 2 aromatic rings. The average Bonchev–Trinajstić information content (AvgIpc) is 2.34. The van der Waals surface area contributed by atoms with Crippen molar-refractivity contribution in [3.63, 3.8) is 0 Å². The maximum Gasteiger partial charge on any atom is 0.342 e. The van der Waals surface area contributed by atoms with Crippen LogP contribution in [-0.4, -0.2) is 21.0 Å². The Kier molecular flexibility index (Phi) is 3.15. The Morgan fingerprint density at radius 2 is 2.21 bits per heavy atom. The number of nitrogens with zero attached hydrogens (tertiary/aromatic N) is 1. The minimum Gasteiger partial charge on any atom is -0.477 e. The third-order valence-corrected chi connectivity index (χ3v) is 2.25. The van der Waals surface area contributed by atoms with Gasteiger partial charge in [0, 0.05) is 0 Å². The number of hydrogen-bond donors (Lipinski definition) is 3. The Labute approximate surface area is 105 Å². The van der Waals surface area contributed by atoms with Gasteiger partial charge in [-0.05, 0) is 12.1 Å². The van der Waals surface area contributed by atoms with E-state index in [1.165, 1.54) is 12.1 Å². The summed E-state index contributed by atoms with van der Waals surface area (Å²) in [6, 6.07) is 3.47. The maximum atomic E-state index is 13.4. The molecule has 0 bridgehead atoms. The molecular formula is C11H8FN3O4. The van der Waals surface area contributed by atoms with E-state index in [0.717, 1.165) is 12.4 Å². The number of aromatic nitrogens is 2. The second-order valence-electron chi connectivity index (χ2n) is 3.47. The van der Waals surface area contributed by atoms with Crippen molar-refractivity contribution in [1.82, 2.24) is 9.97 Å². The minimum absolute atomic E-state index is 0.294. The number of ether oxygens (including phenoxy) is 1. The molecule has 98 valence electrons. The number of carboxylic acids is 1. The van der Waals surface area contributed by atoms with Crippen LogP contribution >= 0.6 is 0 Å². The van der Waals surface area contributed by atoms with Gasteiger partial charge in [-0.2, -0.15) is 0 Å². The van der Waals surface area contributed by atoms with Gasteiger partial charge in [-0.1, -0.05) is 6.07 Å². The predicted molar refractivity (Wildman–Crippen MR) is 62.7 cm³/mol. The molecule has 0 aliphatic rings. The summed E-state index contributed by atoms with van der Waals surface area (Å²) in [4.78, 5) is 28.0. The lowest BCUT2D eigenvalue weighted by Crippen LogP contribution is -2.14. The zero-order chi connectivity index (χ0) is 14.0. The number of aromatic amines is 1. The predicted octanol–water partition coefficient (Wildman–Crippen LogP) is 0.982. The van der Waals surface area contributed by atoms with Crippen LogP contribution in [0.4, 0.5) is 10.1 Å². The Bertz CT molecular complexity index is 699. The summed E-state index contributed by atoms with van der Waals surface area (Å²) in [5.74, 6) is -3.06. The highest BCUT2D eigenvalue weighted by Gasteiger charge is 2.19. The van der Waals surface area contributed by atoms with Crippen LogP contribution in [0.25, 0.3) is 0 Å². The van der Waals surface area contributed by atoms with E-state index in [9.17, 15) is 14.0 Å². The van der Waals surface area contributed by atoms with Crippen molar-refractivity contribution in [2.24, 2.45) is 0 Å². The van der Waals surface area contributed by atoms with Gasteiger partial charge >= 0.3 is 5.97 Å². The topological polar surface area (TPSA) is 118 Å². The van der Waals surface area contributed by atoms with Crippen molar-refractivity contribution in [3.05, 3.63) is 46.3 Å². The molecule has 0 amide bonds. The first-order chi connectivity index (χ1) is 9.00. The van der Waals surface area contributed by atoms with Crippen LogP contribution in [0.15, 0.2) is 29.3 Å². The van der Waals surface area contributed by atoms with Crippen LogP contribution < -0.4 is 16.0 Å². The third kappa shape index (κ3) is 2.37. The van der Waals surface area contributed by atoms with Crippen molar-refractivity contribution in [1.29, 1.82) is 0 Å². The van der Waals surface area contributed by atoms with Gasteiger partial charge in [0.05, 0.1) is 6.33 Å². The average molecular weight is 265 g/mol. The molecule has 1 aromatic heterocycles. The van der Waals surface area contributed by atoms with Gasteiger partial charge in [0.1, 0.15) is 17.1 Å². The molecule has 7 nitrogen and oxygen atoms in total. The van der Waals surface area contributed by atoms with E-state index >= 15 is 0 Å². The van der Waals surface area contributed by atoms with E-state index in [1.54, 1.807) is 0 Å². The van der Waals surface area contributed by atoms with Crippen molar-refractivity contribution >= 4 is 11.7 Å². The molecule has 2 rings (SSSR count). The molecule has 0 aliphatic carbocycles. The molecule has 0 spiro atoms. The van der Waals surface area contributed by atoms with Gasteiger partial charge in [-0.3, -0.25) is 4.79 Å². The Hall–Kier alpha value is -2.90. The first kappa shape index (κ1) is 12.6. The van der Waals surface area contributed by atoms with Gasteiger partial charge in [-0.15, -0.1) is 0 Å². The number of H-pyrrole nitrogens is 1. The van der Waals surface area contributed by atoms with Gasteiger partial charge in [0.25, 0.3) is 5.56 Å². The molecule has 0 saturated carbocycles. The molecule has 1 aromatic carbocycles. The third-order valence-electron chi connectivity index (χ3n) is 2.25. The smallest absolute Gasteiger partial charge is 0.342 e. The molecule has 0 saturated heterocycles. The number of halogens is 1. The number of hydrogen-bond acceptors (Lipinski definition) is 5. The maximum absolute atomic E-state index is 13.4. The highest BCUT2D eigenvalue weighted by Crippen LogP contribution is 2.27. The van der Waals surface area contributed by atoms with Crippen molar-refractivity contribution in [2.75, 3.05) is 5.73 Å². The minimum atomic E-state index is -1.50. The zero-order valence-corrected chi connectivity index (χ0v) is 9.38. The number of carbonyl (C=O) groups is 1. The number of anilines is 1. The fourth-order valence-corrected chi connectivity index (χ4v) is 1.38. The lowest BCUT2D eigenvalue weighted by Gasteiger charge is -2.09. The first-order valence-electron chi connectivity index (χ1n) is 5.03. The van der Waals surface area contributed by atoms with E-state index in [-0.39, 0.29) is 17.3 Å². The summed E-state index contributed by atoms with van der Waals surface area (Å²) in [5.41, 5.74) is 3.79. The summed E-state index contributed by atoms with van der Waals surface area (Å²) >= 11 is 0. The summed E-state index contributed by atoms with van der Waals surface area (Å²) in [5, 5.41) is 8.91. The normalized spacial score (nSPS) is 10.2. The van der Waals surface area contributed by atoms with Gasteiger partial charge in [-0.25, -0.2) is 14.2 Å². The highest BCUT2D eigenvalue weighted by atomic mass is 19.1. The number of rotatable bonds is 3. The number of benzene rings is 1. The molecule has 0 fully saturated rings. The van der Waals surface area contributed by atoms with E-state index in [2.05, 4.69) is 9.97 Å². The SMILES string of the molecule is Nc1c(Oc2cccc(F)c2C(=O)O)nc[nH]c1=O. The molecule has 19 heavy (non-hydrogen) atoms. The van der Waals surface area contributed by atoms with Crippen LogP contribution in [0.3, 0.4) is 0 Å². The first-order valence-corrected chi connectivity index (χ1v) is 5.03. The van der Waals surface area contributed by atoms with Gasteiger partial charge in [0.2, 0.25) is 5.88 Å². The quantitative estimate of drug-likeness (QED) is 0.761. The largest absolute Gasteiger partial charge is 0.477 e. The molecule has 0 unspecified atom stereocenters. The van der Waals surface area contributed by atoms with Gasteiger partial charge in [0.15, 0.2) is 5.69 Å². The fourth-order valence-electron chi connectivity index (χ4n) is 1.38. The van der Waals surface area contributed by atoms with E-state index in [0.29, 0.717) is 0 Å².